The Hall–Kier alpha value is -1.07. The fraction of sp³-hybridized carbons (Fsp3) is 0.417. The van der Waals surface area contributed by atoms with Crippen molar-refractivity contribution in [3.8, 4) is 0 Å². The lowest BCUT2D eigenvalue weighted by molar-refractivity contribution is 0.597. The van der Waals surface area contributed by atoms with E-state index >= 15 is 0 Å². The van der Waals surface area contributed by atoms with Crippen molar-refractivity contribution < 1.29 is 0 Å². The molecule has 2 rings (SSSR count). The van der Waals surface area contributed by atoms with Crippen LogP contribution in [0.5, 0.6) is 0 Å². The van der Waals surface area contributed by atoms with Gasteiger partial charge in [-0.25, -0.2) is 0 Å². The first-order valence-corrected chi connectivity index (χ1v) is 6.51. The van der Waals surface area contributed by atoms with Crippen LogP contribution in [0.25, 0.3) is 0 Å². The highest BCUT2D eigenvalue weighted by atomic mass is 79.9. The van der Waals surface area contributed by atoms with E-state index in [-0.39, 0.29) is 0 Å². The van der Waals surface area contributed by atoms with Crippen molar-refractivity contribution in [2.24, 2.45) is 5.73 Å². The van der Waals surface area contributed by atoms with Crippen LogP contribution in [0.3, 0.4) is 0 Å². The second-order valence-corrected chi connectivity index (χ2v) is 4.85. The Morgan fingerprint density at radius 3 is 2.82 bits per heavy atom. The Bertz CT molecular complexity index is 513. The summed E-state index contributed by atoms with van der Waals surface area (Å²) in [4.78, 5) is 0. The van der Waals surface area contributed by atoms with Crippen molar-refractivity contribution in [3.63, 3.8) is 0 Å². The quantitative estimate of drug-likeness (QED) is 0.941. The molecule has 2 N–H and O–H groups in total. The highest BCUT2D eigenvalue weighted by Gasteiger charge is 2.12. The van der Waals surface area contributed by atoms with E-state index < -0.39 is 0 Å². The van der Waals surface area contributed by atoms with Crippen molar-refractivity contribution in [1.82, 2.24) is 14.3 Å². The van der Waals surface area contributed by atoms with Crippen molar-refractivity contribution in [3.05, 3.63) is 39.9 Å². The smallest absolute Gasteiger partial charge is 0.0739 e. The molecule has 2 aromatic rings. The average Bonchev–Trinajstić information content (AvgIpc) is 2.89. The van der Waals surface area contributed by atoms with E-state index in [1.165, 1.54) is 5.69 Å². The molecule has 0 fully saturated rings. The zero-order chi connectivity index (χ0) is 12.4. The Kier molecular flexibility index (Phi) is 3.69. The summed E-state index contributed by atoms with van der Waals surface area (Å²) in [7, 11) is 0. The first-order valence-electron chi connectivity index (χ1n) is 5.72. The van der Waals surface area contributed by atoms with Gasteiger partial charge in [0.2, 0.25) is 0 Å². The third kappa shape index (κ3) is 2.45. The molecular formula is C12H17BrN4. The van der Waals surface area contributed by atoms with Crippen molar-refractivity contribution >= 4 is 15.9 Å². The van der Waals surface area contributed by atoms with Gasteiger partial charge in [0.25, 0.3) is 0 Å². The Balaban J connectivity index is 2.28. The van der Waals surface area contributed by atoms with Crippen LogP contribution in [0.15, 0.2) is 22.9 Å². The van der Waals surface area contributed by atoms with Gasteiger partial charge in [-0.15, -0.1) is 0 Å². The molecule has 5 heteroatoms. The monoisotopic (exact) mass is 296 g/mol. The molecule has 0 atom stereocenters. The van der Waals surface area contributed by atoms with E-state index in [1.54, 1.807) is 0 Å². The Morgan fingerprint density at radius 1 is 1.47 bits per heavy atom. The summed E-state index contributed by atoms with van der Waals surface area (Å²) in [5.41, 5.74) is 8.99. The normalized spacial score (nSPS) is 11.1. The van der Waals surface area contributed by atoms with Gasteiger partial charge in [0.05, 0.1) is 22.4 Å². The minimum Gasteiger partial charge on any atom is -0.348 e. The number of rotatable bonds is 4. The van der Waals surface area contributed by atoms with Crippen LogP contribution in [-0.2, 0) is 19.6 Å². The number of aromatic nitrogens is 3. The van der Waals surface area contributed by atoms with Crippen LogP contribution in [0.2, 0.25) is 0 Å². The van der Waals surface area contributed by atoms with Gasteiger partial charge in [0, 0.05) is 25.5 Å². The van der Waals surface area contributed by atoms with Crippen molar-refractivity contribution in [1.29, 1.82) is 0 Å². The van der Waals surface area contributed by atoms with Gasteiger partial charge in [0.1, 0.15) is 0 Å². The first kappa shape index (κ1) is 12.4. The number of hydrogen-bond acceptors (Lipinski definition) is 2. The standard InChI is InChI=1S/C12H17BrN4/c1-3-17-11(12(13)9(2)15-17)8-16-5-4-10(6-14)7-16/h4-5,7H,3,6,8,14H2,1-2H3. The minimum absolute atomic E-state index is 0.584. The highest BCUT2D eigenvalue weighted by molar-refractivity contribution is 9.10. The van der Waals surface area contributed by atoms with Gasteiger partial charge in [-0.05, 0) is 41.4 Å². The lowest BCUT2D eigenvalue weighted by Gasteiger charge is -2.06. The Morgan fingerprint density at radius 2 is 2.24 bits per heavy atom. The molecule has 0 saturated heterocycles. The van der Waals surface area contributed by atoms with Crippen LogP contribution in [0.1, 0.15) is 23.9 Å². The van der Waals surface area contributed by atoms with Gasteiger partial charge >= 0.3 is 0 Å². The number of aryl methyl sites for hydroxylation is 2. The van der Waals surface area contributed by atoms with Crippen LogP contribution in [0.4, 0.5) is 0 Å². The SMILES string of the molecule is CCn1nc(C)c(Br)c1Cn1ccc(CN)c1. The molecule has 0 saturated carbocycles. The van der Waals surface area contributed by atoms with Crippen LogP contribution >= 0.6 is 15.9 Å². The summed E-state index contributed by atoms with van der Waals surface area (Å²) in [6.07, 6.45) is 4.13. The molecule has 0 aliphatic carbocycles. The predicted octanol–water partition coefficient (Wildman–Crippen LogP) is 2.28. The molecule has 0 bridgehead atoms. The molecule has 92 valence electrons. The van der Waals surface area contributed by atoms with Crippen LogP contribution in [0, 0.1) is 6.92 Å². The molecule has 2 aromatic heterocycles. The van der Waals surface area contributed by atoms with Crippen molar-refractivity contribution in [2.75, 3.05) is 0 Å². The maximum Gasteiger partial charge on any atom is 0.0739 e. The predicted molar refractivity (Wildman–Crippen MR) is 71.8 cm³/mol. The molecule has 4 nitrogen and oxygen atoms in total. The van der Waals surface area contributed by atoms with E-state index in [0.29, 0.717) is 6.54 Å². The van der Waals surface area contributed by atoms with Crippen molar-refractivity contribution in [2.45, 2.75) is 33.5 Å². The van der Waals surface area contributed by atoms with E-state index in [1.807, 2.05) is 17.7 Å². The van der Waals surface area contributed by atoms with E-state index in [9.17, 15) is 0 Å². The van der Waals surface area contributed by atoms with Gasteiger partial charge in [0.15, 0.2) is 0 Å². The summed E-state index contributed by atoms with van der Waals surface area (Å²) in [5.74, 6) is 0. The molecule has 0 unspecified atom stereocenters. The molecule has 0 radical (unpaired) electrons. The van der Waals surface area contributed by atoms with Gasteiger partial charge in [-0.2, -0.15) is 5.10 Å². The molecule has 0 aliphatic heterocycles. The van der Waals surface area contributed by atoms with E-state index in [0.717, 1.165) is 28.8 Å². The average molecular weight is 297 g/mol. The minimum atomic E-state index is 0.584. The summed E-state index contributed by atoms with van der Waals surface area (Å²) in [6, 6.07) is 2.05. The fourth-order valence-electron chi connectivity index (χ4n) is 1.90. The van der Waals surface area contributed by atoms with Crippen LogP contribution in [-0.4, -0.2) is 14.3 Å². The van der Waals surface area contributed by atoms with Gasteiger partial charge in [-0.1, -0.05) is 0 Å². The zero-order valence-corrected chi connectivity index (χ0v) is 11.7. The number of nitrogens with zero attached hydrogens (tertiary/aromatic N) is 3. The molecule has 17 heavy (non-hydrogen) atoms. The number of halogens is 1. The molecule has 0 spiro atoms. The molecule has 2 heterocycles. The first-order chi connectivity index (χ1) is 8.15. The van der Waals surface area contributed by atoms with E-state index in [4.69, 9.17) is 5.73 Å². The van der Waals surface area contributed by atoms with Gasteiger partial charge < -0.3 is 10.3 Å². The molecule has 0 aliphatic rings. The van der Waals surface area contributed by atoms with Gasteiger partial charge in [-0.3, -0.25) is 4.68 Å². The highest BCUT2D eigenvalue weighted by Crippen LogP contribution is 2.22. The lowest BCUT2D eigenvalue weighted by atomic mass is 10.3. The summed E-state index contributed by atoms with van der Waals surface area (Å²) in [6.45, 7) is 6.40. The van der Waals surface area contributed by atoms with E-state index in [2.05, 4.69) is 44.9 Å². The topological polar surface area (TPSA) is 48.8 Å². The molecule has 0 amide bonds. The second kappa shape index (κ2) is 5.06. The third-order valence-corrected chi connectivity index (χ3v) is 3.86. The summed E-state index contributed by atoms with van der Waals surface area (Å²) >= 11 is 3.60. The Labute approximate surface area is 110 Å². The number of hydrogen-bond donors (Lipinski definition) is 1. The fourth-order valence-corrected chi connectivity index (χ4v) is 2.31. The largest absolute Gasteiger partial charge is 0.348 e. The maximum absolute atomic E-state index is 5.61. The zero-order valence-electron chi connectivity index (χ0n) is 10.2. The third-order valence-electron chi connectivity index (χ3n) is 2.83. The van der Waals surface area contributed by atoms with Crippen LogP contribution < -0.4 is 5.73 Å². The second-order valence-electron chi connectivity index (χ2n) is 4.06. The molecule has 0 aromatic carbocycles. The summed E-state index contributed by atoms with van der Waals surface area (Å²) in [5, 5.41) is 4.48. The summed E-state index contributed by atoms with van der Waals surface area (Å²) < 4.78 is 5.26. The lowest BCUT2D eigenvalue weighted by Crippen LogP contribution is -2.07. The number of nitrogens with two attached hydrogens (primary N) is 1. The maximum atomic E-state index is 5.61. The molecular weight excluding hydrogens is 280 g/mol.